The number of aromatic nitrogens is 2. The number of ether oxygens (including phenoxy) is 2. The van der Waals surface area contributed by atoms with Crippen LogP contribution in [-0.2, 0) is 0 Å². The van der Waals surface area contributed by atoms with Gasteiger partial charge in [-0.15, -0.1) is 0 Å². The maximum absolute atomic E-state index is 5.48. The first-order chi connectivity index (χ1) is 7.36. The van der Waals surface area contributed by atoms with E-state index in [1.54, 1.807) is 0 Å². The number of hydrogen-bond donors (Lipinski definition) is 2. The molecular weight excluding hydrogens is 194 g/mol. The van der Waals surface area contributed by atoms with Crippen LogP contribution in [0.1, 0.15) is 0 Å². The van der Waals surface area contributed by atoms with Crippen molar-refractivity contribution in [3.8, 4) is 11.5 Å². The zero-order valence-electron chi connectivity index (χ0n) is 8.33. The number of anilines is 1. The van der Waals surface area contributed by atoms with Crippen LogP contribution in [0.3, 0.4) is 0 Å². The molecule has 0 bridgehead atoms. The van der Waals surface area contributed by atoms with Crippen molar-refractivity contribution in [2.75, 3.05) is 25.6 Å². The van der Waals surface area contributed by atoms with E-state index in [0.29, 0.717) is 13.2 Å². The molecule has 0 unspecified atom stereocenters. The maximum Gasteiger partial charge on any atom is 0.200 e. The molecule has 0 atom stereocenters. The monoisotopic (exact) mass is 205 g/mol. The second kappa shape index (κ2) is 3.05. The molecular formula is C10H11N3O2. The Morgan fingerprint density at radius 1 is 1.27 bits per heavy atom. The van der Waals surface area contributed by atoms with E-state index in [1.807, 2.05) is 19.2 Å². The minimum absolute atomic E-state index is 0.599. The van der Waals surface area contributed by atoms with Gasteiger partial charge in [-0.05, 0) is 0 Å². The number of aromatic amines is 1. The molecule has 0 saturated carbocycles. The van der Waals surface area contributed by atoms with E-state index in [2.05, 4.69) is 15.3 Å². The fraction of sp³-hybridized carbons (Fsp3) is 0.300. The van der Waals surface area contributed by atoms with Gasteiger partial charge >= 0.3 is 0 Å². The van der Waals surface area contributed by atoms with Crippen LogP contribution in [0, 0.1) is 0 Å². The van der Waals surface area contributed by atoms with Gasteiger partial charge in [-0.2, -0.15) is 0 Å². The molecule has 0 amide bonds. The van der Waals surface area contributed by atoms with Crippen LogP contribution in [0.5, 0.6) is 11.5 Å². The molecule has 0 saturated heterocycles. The number of imidazole rings is 1. The van der Waals surface area contributed by atoms with Crippen LogP contribution in [0.15, 0.2) is 12.1 Å². The second-order valence-corrected chi connectivity index (χ2v) is 3.35. The van der Waals surface area contributed by atoms with Crippen molar-refractivity contribution in [2.45, 2.75) is 0 Å². The van der Waals surface area contributed by atoms with Gasteiger partial charge in [0.1, 0.15) is 13.2 Å². The van der Waals surface area contributed by atoms with E-state index in [-0.39, 0.29) is 0 Å². The molecule has 0 aliphatic carbocycles. The van der Waals surface area contributed by atoms with Crippen LogP contribution in [0.25, 0.3) is 11.0 Å². The minimum Gasteiger partial charge on any atom is -0.486 e. The molecule has 2 N–H and O–H groups in total. The zero-order chi connectivity index (χ0) is 10.3. The lowest BCUT2D eigenvalue weighted by Gasteiger charge is -2.17. The fourth-order valence-electron chi connectivity index (χ4n) is 1.67. The average Bonchev–Trinajstić information content (AvgIpc) is 2.67. The van der Waals surface area contributed by atoms with Crippen molar-refractivity contribution in [1.82, 2.24) is 9.97 Å². The van der Waals surface area contributed by atoms with Crippen molar-refractivity contribution >= 4 is 17.0 Å². The summed E-state index contributed by atoms with van der Waals surface area (Å²) in [6, 6.07) is 3.80. The Hall–Kier alpha value is -1.91. The van der Waals surface area contributed by atoms with Crippen LogP contribution < -0.4 is 14.8 Å². The zero-order valence-corrected chi connectivity index (χ0v) is 8.33. The van der Waals surface area contributed by atoms with Gasteiger partial charge in [-0.1, -0.05) is 0 Å². The third kappa shape index (κ3) is 1.27. The lowest BCUT2D eigenvalue weighted by molar-refractivity contribution is 0.172. The van der Waals surface area contributed by atoms with Crippen molar-refractivity contribution < 1.29 is 9.47 Å². The van der Waals surface area contributed by atoms with Gasteiger partial charge in [0.25, 0.3) is 0 Å². The van der Waals surface area contributed by atoms with Crippen LogP contribution in [0.2, 0.25) is 0 Å². The standard InChI is InChI=1S/C10H11N3O2/c1-11-10-12-6-4-8-9(5-7(6)13-10)15-3-2-14-8/h4-5H,2-3H2,1H3,(H2,11,12,13). The van der Waals surface area contributed by atoms with Crippen molar-refractivity contribution in [3.63, 3.8) is 0 Å². The first-order valence-electron chi connectivity index (χ1n) is 4.84. The lowest BCUT2D eigenvalue weighted by atomic mass is 10.2. The van der Waals surface area contributed by atoms with Crippen molar-refractivity contribution in [2.24, 2.45) is 0 Å². The predicted molar refractivity (Wildman–Crippen MR) is 56.6 cm³/mol. The first-order valence-corrected chi connectivity index (χ1v) is 4.84. The van der Waals surface area contributed by atoms with E-state index in [4.69, 9.17) is 9.47 Å². The molecule has 0 fully saturated rings. The molecule has 5 heteroatoms. The molecule has 0 spiro atoms. The first kappa shape index (κ1) is 8.40. The van der Waals surface area contributed by atoms with Gasteiger partial charge in [0, 0.05) is 19.2 Å². The highest BCUT2D eigenvalue weighted by Crippen LogP contribution is 2.33. The Labute approximate surface area is 86.4 Å². The molecule has 1 aliphatic rings. The highest BCUT2D eigenvalue weighted by atomic mass is 16.6. The topological polar surface area (TPSA) is 59.2 Å². The number of hydrogen-bond acceptors (Lipinski definition) is 4. The van der Waals surface area contributed by atoms with E-state index >= 15 is 0 Å². The molecule has 15 heavy (non-hydrogen) atoms. The number of rotatable bonds is 1. The predicted octanol–water partition coefficient (Wildman–Crippen LogP) is 1.38. The fourth-order valence-corrected chi connectivity index (χ4v) is 1.67. The van der Waals surface area contributed by atoms with Crippen LogP contribution >= 0.6 is 0 Å². The minimum atomic E-state index is 0.599. The Morgan fingerprint density at radius 3 is 2.73 bits per heavy atom. The highest BCUT2D eigenvalue weighted by molar-refractivity contribution is 5.81. The third-order valence-corrected chi connectivity index (χ3v) is 2.38. The Morgan fingerprint density at radius 2 is 2.00 bits per heavy atom. The van der Waals surface area contributed by atoms with E-state index in [9.17, 15) is 0 Å². The SMILES string of the molecule is CNc1nc2cc3c(cc2[nH]1)OCCO3. The number of nitrogens with zero attached hydrogens (tertiary/aromatic N) is 1. The molecule has 0 radical (unpaired) electrons. The summed E-state index contributed by atoms with van der Waals surface area (Å²) in [5, 5.41) is 2.96. The summed E-state index contributed by atoms with van der Waals surface area (Å²) < 4.78 is 11.0. The summed E-state index contributed by atoms with van der Waals surface area (Å²) in [6.45, 7) is 1.20. The third-order valence-electron chi connectivity index (χ3n) is 2.38. The lowest BCUT2D eigenvalue weighted by Crippen LogP contribution is -2.15. The number of benzene rings is 1. The Balaban J connectivity index is 2.19. The molecule has 2 heterocycles. The molecule has 2 aromatic rings. The highest BCUT2D eigenvalue weighted by Gasteiger charge is 2.14. The van der Waals surface area contributed by atoms with Crippen LogP contribution in [-0.4, -0.2) is 30.2 Å². The van der Waals surface area contributed by atoms with Gasteiger partial charge < -0.3 is 19.8 Å². The van der Waals surface area contributed by atoms with Gasteiger partial charge in [-0.25, -0.2) is 4.98 Å². The molecule has 1 aromatic carbocycles. The summed E-state index contributed by atoms with van der Waals surface area (Å²) in [7, 11) is 1.82. The summed E-state index contributed by atoms with van der Waals surface area (Å²) in [6.07, 6.45) is 0. The molecule has 1 aliphatic heterocycles. The van der Waals surface area contributed by atoms with Gasteiger partial charge in [0.2, 0.25) is 5.95 Å². The summed E-state index contributed by atoms with van der Waals surface area (Å²) in [5.41, 5.74) is 1.83. The normalized spacial score (nSPS) is 14.2. The van der Waals surface area contributed by atoms with E-state index in [1.165, 1.54) is 0 Å². The summed E-state index contributed by atoms with van der Waals surface area (Å²) in [4.78, 5) is 7.47. The van der Waals surface area contributed by atoms with Crippen molar-refractivity contribution in [3.05, 3.63) is 12.1 Å². The summed E-state index contributed by atoms with van der Waals surface area (Å²) >= 11 is 0. The largest absolute Gasteiger partial charge is 0.486 e. The average molecular weight is 205 g/mol. The quantitative estimate of drug-likeness (QED) is 0.738. The maximum atomic E-state index is 5.48. The smallest absolute Gasteiger partial charge is 0.200 e. The molecule has 5 nitrogen and oxygen atoms in total. The van der Waals surface area contributed by atoms with Gasteiger partial charge in [0.15, 0.2) is 11.5 Å². The number of fused-ring (bicyclic) bond motifs is 2. The Kier molecular flexibility index (Phi) is 1.71. The van der Waals surface area contributed by atoms with E-state index in [0.717, 1.165) is 28.5 Å². The number of nitrogens with one attached hydrogen (secondary N) is 2. The molecule has 78 valence electrons. The second-order valence-electron chi connectivity index (χ2n) is 3.35. The van der Waals surface area contributed by atoms with Crippen LogP contribution in [0.4, 0.5) is 5.95 Å². The molecule has 3 rings (SSSR count). The summed E-state index contributed by atoms with van der Waals surface area (Å²) in [5.74, 6) is 2.29. The number of H-pyrrole nitrogens is 1. The van der Waals surface area contributed by atoms with E-state index < -0.39 is 0 Å². The van der Waals surface area contributed by atoms with Crippen molar-refractivity contribution in [1.29, 1.82) is 0 Å². The van der Waals surface area contributed by atoms with Gasteiger partial charge in [0.05, 0.1) is 11.0 Å². The van der Waals surface area contributed by atoms with Gasteiger partial charge in [-0.3, -0.25) is 0 Å². The Bertz CT molecular complexity index is 464. The molecule has 1 aromatic heterocycles.